The third-order valence-corrected chi connectivity index (χ3v) is 7.72. The third-order valence-electron chi connectivity index (χ3n) is 5.99. The Labute approximate surface area is 245 Å². The maximum absolute atomic E-state index is 13.7. The van der Waals surface area contributed by atoms with Gasteiger partial charge < -0.3 is 15.0 Å². The number of carbonyl (C=O) groups is 2. The highest BCUT2D eigenvalue weighted by atomic mass is 35.5. The average Bonchev–Trinajstić information content (AvgIpc) is 2.90. The summed E-state index contributed by atoms with van der Waals surface area (Å²) in [6.45, 7) is 5.40. The number of para-hydroxylation sites is 1. The van der Waals surface area contributed by atoms with Crippen molar-refractivity contribution in [2.75, 3.05) is 23.7 Å². The van der Waals surface area contributed by atoms with Gasteiger partial charge in [0.1, 0.15) is 24.1 Å². The molecule has 8 nitrogen and oxygen atoms in total. The lowest BCUT2D eigenvalue weighted by Gasteiger charge is -2.32. The van der Waals surface area contributed by atoms with Gasteiger partial charge >= 0.3 is 0 Å². The van der Waals surface area contributed by atoms with E-state index < -0.39 is 28.5 Å². The summed E-state index contributed by atoms with van der Waals surface area (Å²) in [6.07, 6.45) is 1.02. The molecule has 0 saturated heterocycles. The van der Waals surface area contributed by atoms with E-state index in [0.29, 0.717) is 33.7 Å². The predicted octanol–water partition coefficient (Wildman–Crippen LogP) is 5.74. The molecule has 0 fully saturated rings. The van der Waals surface area contributed by atoms with E-state index in [2.05, 4.69) is 5.32 Å². The number of nitrogens with zero attached hydrogens (tertiary/aromatic N) is 2. The molecule has 0 bridgehead atoms. The molecule has 1 atom stereocenters. The van der Waals surface area contributed by atoms with Gasteiger partial charge in [0, 0.05) is 23.1 Å². The number of halogens is 2. The monoisotopic (exact) mass is 605 g/mol. The van der Waals surface area contributed by atoms with Crippen LogP contribution in [-0.2, 0) is 26.2 Å². The third kappa shape index (κ3) is 8.87. The minimum Gasteiger partial charge on any atom is -0.457 e. The average molecular weight is 607 g/mol. The van der Waals surface area contributed by atoms with Gasteiger partial charge in [-0.3, -0.25) is 13.9 Å². The highest BCUT2D eigenvalue weighted by molar-refractivity contribution is 7.92. The van der Waals surface area contributed by atoms with Crippen molar-refractivity contribution in [2.45, 2.75) is 33.4 Å². The Morgan fingerprint density at radius 1 is 0.925 bits per heavy atom. The predicted molar refractivity (Wildman–Crippen MR) is 159 cm³/mol. The van der Waals surface area contributed by atoms with E-state index >= 15 is 0 Å². The lowest BCUT2D eigenvalue weighted by Crippen LogP contribution is -2.51. The summed E-state index contributed by atoms with van der Waals surface area (Å²) in [5, 5.41) is 3.59. The zero-order chi connectivity index (χ0) is 29.4. The van der Waals surface area contributed by atoms with E-state index in [1.807, 2.05) is 32.0 Å². The SMILES string of the molecule is CC(C)CNC(=O)C(C)N(Cc1ccc(Cl)cc1Cl)C(=O)CN(c1ccc(Oc2ccccc2)cc1)S(C)(=O)=O. The molecule has 0 spiro atoms. The van der Waals surface area contributed by atoms with E-state index in [9.17, 15) is 18.0 Å². The fourth-order valence-electron chi connectivity index (χ4n) is 3.79. The van der Waals surface area contributed by atoms with Crippen LogP contribution < -0.4 is 14.4 Å². The van der Waals surface area contributed by atoms with Gasteiger partial charge in [0.15, 0.2) is 0 Å². The number of nitrogens with one attached hydrogen (secondary N) is 1. The topological polar surface area (TPSA) is 96.0 Å². The highest BCUT2D eigenvalue weighted by Crippen LogP contribution is 2.27. The van der Waals surface area contributed by atoms with Crippen molar-refractivity contribution in [2.24, 2.45) is 5.92 Å². The van der Waals surface area contributed by atoms with Crippen molar-refractivity contribution >= 4 is 50.7 Å². The second kappa shape index (κ2) is 13.9. The number of benzene rings is 3. The molecular weight excluding hydrogens is 573 g/mol. The van der Waals surface area contributed by atoms with Gasteiger partial charge in [0.25, 0.3) is 0 Å². The lowest BCUT2D eigenvalue weighted by molar-refractivity contribution is -0.139. The second-order valence-corrected chi connectivity index (χ2v) is 12.5. The van der Waals surface area contributed by atoms with Crippen LogP contribution in [-0.4, -0.2) is 50.5 Å². The largest absolute Gasteiger partial charge is 0.457 e. The van der Waals surface area contributed by atoms with Crippen LogP contribution >= 0.6 is 23.2 Å². The van der Waals surface area contributed by atoms with Crippen molar-refractivity contribution in [3.8, 4) is 11.5 Å². The van der Waals surface area contributed by atoms with Crippen molar-refractivity contribution in [3.63, 3.8) is 0 Å². The summed E-state index contributed by atoms with van der Waals surface area (Å²) in [5.41, 5.74) is 0.842. The van der Waals surface area contributed by atoms with Gasteiger partial charge in [-0.15, -0.1) is 0 Å². The fourth-order valence-corrected chi connectivity index (χ4v) is 5.11. The van der Waals surface area contributed by atoms with Crippen LogP contribution in [0.25, 0.3) is 0 Å². The van der Waals surface area contributed by atoms with E-state index in [4.69, 9.17) is 27.9 Å². The van der Waals surface area contributed by atoms with Crippen LogP contribution in [0.1, 0.15) is 26.3 Å². The molecule has 2 amide bonds. The summed E-state index contributed by atoms with van der Waals surface area (Å²) in [5.74, 6) is 0.407. The number of carbonyl (C=O) groups excluding carboxylic acids is 2. The van der Waals surface area contributed by atoms with Crippen LogP contribution in [0.2, 0.25) is 10.0 Å². The van der Waals surface area contributed by atoms with Crippen molar-refractivity contribution in [1.29, 1.82) is 0 Å². The molecule has 0 saturated carbocycles. The van der Waals surface area contributed by atoms with E-state index in [0.717, 1.165) is 10.6 Å². The molecule has 214 valence electrons. The molecule has 0 aromatic heterocycles. The number of hydrogen-bond donors (Lipinski definition) is 1. The zero-order valence-corrected chi connectivity index (χ0v) is 25.1. The fraction of sp³-hybridized carbons (Fsp3) is 0.310. The normalized spacial score (nSPS) is 12.1. The van der Waals surface area contributed by atoms with Gasteiger partial charge in [-0.2, -0.15) is 0 Å². The number of hydrogen-bond acceptors (Lipinski definition) is 5. The van der Waals surface area contributed by atoms with Gasteiger partial charge in [0.05, 0.1) is 11.9 Å². The van der Waals surface area contributed by atoms with E-state index in [1.165, 1.54) is 4.90 Å². The first kappa shape index (κ1) is 31.3. The van der Waals surface area contributed by atoms with Crippen LogP contribution in [0.3, 0.4) is 0 Å². The standard InChI is InChI=1S/C29H33Cl2N3O5S/c1-20(2)17-32-29(36)21(3)33(18-22-10-11-23(30)16-27(22)31)28(35)19-34(40(4,37)38)24-12-14-26(15-13-24)39-25-8-6-5-7-9-25/h5-16,20-21H,17-19H2,1-4H3,(H,32,36). The van der Waals surface area contributed by atoms with E-state index in [-0.39, 0.29) is 24.1 Å². The number of amides is 2. The van der Waals surface area contributed by atoms with Crippen molar-refractivity contribution in [1.82, 2.24) is 10.2 Å². The molecule has 3 aromatic carbocycles. The first-order valence-electron chi connectivity index (χ1n) is 12.7. The number of sulfonamides is 1. The Balaban J connectivity index is 1.87. The summed E-state index contributed by atoms with van der Waals surface area (Å²) in [4.78, 5) is 28.0. The Kier molecular flexibility index (Phi) is 10.8. The first-order chi connectivity index (χ1) is 18.8. The molecular formula is C29H33Cl2N3O5S. The minimum atomic E-state index is -3.87. The molecule has 0 heterocycles. The van der Waals surface area contributed by atoms with Gasteiger partial charge in [-0.05, 0) is 66.9 Å². The van der Waals surface area contributed by atoms with Gasteiger partial charge in [-0.1, -0.05) is 61.3 Å². The molecule has 0 aliphatic carbocycles. The number of anilines is 1. The smallest absolute Gasteiger partial charge is 0.244 e. The van der Waals surface area contributed by atoms with Crippen LogP contribution in [0, 0.1) is 5.92 Å². The number of ether oxygens (including phenoxy) is 1. The first-order valence-corrected chi connectivity index (χ1v) is 15.3. The summed E-state index contributed by atoms with van der Waals surface area (Å²) in [6, 6.07) is 19.5. The zero-order valence-electron chi connectivity index (χ0n) is 22.8. The van der Waals surface area contributed by atoms with E-state index in [1.54, 1.807) is 61.5 Å². The van der Waals surface area contributed by atoms with Crippen LogP contribution in [0.15, 0.2) is 72.8 Å². The molecule has 1 unspecified atom stereocenters. The minimum absolute atomic E-state index is 0.0213. The highest BCUT2D eigenvalue weighted by Gasteiger charge is 2.30. The molecule has 0 radical (unpaired) electrons. The van der Waals surface area contributed by atoms with Crippen molar-refractivity contribution in [3.05, 3.63) is 88.4 Å². The Hall–Kier alpha value is -3.27. The summed E-state index contributed by atoms with van der Waals surface area (Å²) < 4.78 is 32.4. The maximum Gasteiger partial charge on any atom is 0.244 e. The van der Waals surface area contributed by atoms with Crippen LogP contribution in [0.4, 0.5) is 5.69 Å². The second-order valence-electron chi connectivity index (χ2n) is 9.75. The van der Waals surface area contributed by atoms with Gasteiger partial charge in [0.2, 0.25) is 21.8 Å². The van der Waals surface area contributed by atoms with Gasteiger partial charge in [-0.25, -0.2) is 8.42 Å². The molecule has 11 heteroatoms. The Bertz CT molecular complexity index is 1420. The Morgan fingerprint density at radius 2 is 1.55 bits per heavy atom. The van der Waals surface area contributed by atoms with Crippen LogP contribution in [0.5, 0.6) is 11.5 Å². The molecule has 40 heavy (non-hydrogen) atoms. The molecule has 3 aromatic rings. The maximum atomic E-state index is 13.7. The number of rotatable bonds is 12. The summed E-state index contributed by atoms with van der Waals surface area (Å²) in [7, 11) is -3.87. The molecule has 0 aliphatic heterocycles. The quantitative estimate of drug-likeness (QED) is 0.284. The molecule has 3 rings (SSSR count). The molecule has 0 aliphatic rings. The summed E-state index contributed by atoms with van der Waals surface area (Å²) >= 11 is 12.4. The Morgan fingerprint density at radius 3 is 2.12 bits per heavy atom. The lowest BCUT2D eigenvalue weighted by atomic mass is 10.1. The van der Waals surface area contributed by atoms with Crippen molar-refractivity contribution < 1.29 is 22.7 Å². The molecule has 1 N–H and O–H groups in total.